The molecule has 2 aromatic heterocycles. The number of rotatable bonds is 5. The van der Waals surface area contributed by atoms with E-state index in [0.717, 1.165) is 68.0 Å². The number of nitrogens with zero attached hydrogens (tertiary/aromatic N) is 5. The van der Waals surface area contributed by atoms with Gasteiger partial charge in [-0.1, -0.05) is 6.07 Å². The zero-order chi connectivity index (χ0) is 21.3. The van der Waals surface area contributed by atoms with Crippen molar-refractivity contribution in [1.82, 2.24) is 24.8 Å². The predicted molar refractivity (Wildman–Crippen MR) is 124 cm³/mol. The Kier molecular flexibility index (Phi) is 6.11. The molecule has 0 saturated carbocycles. The number of aryl methyl sites for hydroxylation is 3. The smallest absolute Gasteiger partial charge is 0.162 e. The first-order valence-electron chi connectivity index (χ1n) is 11.0. The summed E-state index contributed by atoms with van der Waals surface area (Å²) < 4.78 is 0. The molecule has 0 N–H and O–H groups in total. The number of piperazine rings is 1. The second-order valence-corrected chi connectivity index (χ2v) is 8.81. The molecule has 0 unspecified atom stereocenters. The van der Waals surface area contributed by atoms with Gasteiger partial charge in [-0.15, -0.1) is 0 Å². The Morgan fingerprint density at radius 3 is 2.27 bits per heavy atom. The number of likely N-dealkylation sites (N-methyl/N-ethyl adjacent to an activating group) is 1. The van der Waals surface area contributed by atoms with E-state index in [1.807, 2.05) is 12.4 Å². The quantitative estimate of drug-likeness (QED) is 0.642. The van der Waals surface area contributed by atoms with Crippen LogP contribution in [0.5, 0.6) is 0 Å². The third-order valence-corrected chi connectivity index (χ3v) is 6.61. The predicted octanol–water partition coefficient (Wildman–Crippen LogP) is 4.11. The molecule has 0 spiro atoms. The standard InChI is InChI=1S/C25H33N5/c1-17-13-18(2)20(4)24(19(17)3)21-14-22-16-26-23(28-25(22)27-15-21)7-6-8-30-11-9-29(5)10-12-30/h13-16H,6-12H2,1-5H3. The van der Waals surface area contributed by atoms with E-state index in [0.29, 0.717) is 0 Å². The number of hydrogen-bond acceptors (Lipinski definition) is 5. The molecule has 0 bridgehead atoms. The summed E-state index contributed by atoms with van der Waals surface area (Å²) >= 11 is 0. The molecule has 3 aromatic rings. The fourth-order valence-electron chi connectivity index (χ4n) is 4.40. The molecule has 0 radical (unpaired) electrons. The van der Waals surface area contributed by atoms with Crippen LogP contribution < -0.4 is 0 Å². The summed E-state index contributed by atoms with van der Waals surface area (Å²) in [6, 6.07) is 4.45. The molecule has 1 fully saturated rings. The van der Waals surface area contributed by atoms with Crippen molar-refractivity contribution in [2.45, 2.75) is 40.5 Å². The molecule has 5 heteroatoms. The highest BCUT2D eigenvalue weighted by Gasteiger charge is 2.14. The molecule has 5 nitrogen and oxygen atoms in total. The molecule has 30 heavy (non-hydrogen) atoms. The second kappa shape index (κ2) is 8.78. The van der Waals surface area contributed by atoms with Gasteiger partial charge in [-0.2, -0.15) is 0 Å². The van der Waals surface area contributed by atoms with Gasteiger partial charge in [0.15, 0.2) is 5.65 Å². The number of hydrogen-bond donors (Lipinski definition) is 0. The van der Waals surface area contributed by atoms with Crippen LogP contribution in [0.25, 0.3) is 22.2 Å². The average Bonchev–Trinajstić information content (AvgIpc) is 2.74. The van der Waals surface area contributed by atoms with Crippen LogP contribution in [0.15, 0.2) is 24.5 Å². The minimum atomic E-state index is 0.794. The van der Waals surface area contributed by atoms with Crippen molar-refractivity contribution in [1.29, 1.82) is 0 Å². The maximum absolute atomic E-state index is 4.74. The number of fused-ring (bicyclic) bond motifs is 1. The Balaban J connectivity index is 1.49. The molecule has 0 amide bonds. The molecular formula is C25H33N5. The molecule has 1 aliphatic heterocycles. The first kappa shape index (κ1) is 20.9. The number of pyridine rings is 1. The SMILES string of the molecule is Cc1cc(C)c(C)c(-c2cnc3nc(CCCN4CCN(C)CC4)ncc3c2)c1C. The van der Waals surface area contributed by atoms with E-state index >= 15 is 0 Å². The highest BCUT2D eigenvalue weighted by molar-refractivity contribution is 5.82. The molecule has 1 aliphatic rings. The molecule has 3 heterocycles. The minimum Gasteiger partial charge on any atom is -0.304 e. The summed E-state index contributed by atoms with van der Waals surface area (Å²) in [6.07, 6.45) is 5.91. The van der Waals surface area contributed by atoms with Gasteiger partial charge in [0.1, 0.15) is 5.82 Å². The molecule has 1 aromatic carbocycles. The summed E-state index contributed by atoms with van der Waals surface area (Å²) in [5.41, 5.74) is 8.51. The lowest BCUT2D eigenvalue weighted by Gasteiger charge is -2.32. The van der Waals surface area contributed by atoms with E-state index in [2.05, 4.69) is 61.7 Å². The maximum Gasteiger partial charge on any atom is 0.162 e. The zero-order valence-electron chi connectivity index (χ0n) is 19.0. The molecule has 1 saturated heterocycles. The van der Waals surface area contributed by atoms with Crippen LogP contribution in [0.3, 0.4) is 0 Å². The first-order chi connectivity index (χ1) is 14.4. The Labute approximate surface area is 180 Å². The van der Waals surface area contributed by atoms with Gasteiger partial charge >= 0.3 is 0 Å². The van der Waals surface area contributed by atoms with Crippen LogP contribution in [-0.2, 0) is 6.42 Å². The van der Waals surface area contributed by atoms with Crippen LogP contribution in [0, 0.1) is 27.7 Å². The third kappa shape index (κ3) is 4.37. The second-order valence-electron chi connectivity index (χ2n) is 8.81. The van der Waals surface area contributed by atoms with E-state index in [1.54, 1.807) is 0 Å². The number of benzene rings is 1. The highest BCUT2D eigenvalue weighted by Crippen LogP contribution is 2.32. The van der Waals surface area contributed by atoms with Crippen molar-refractivity contribution in [3.8, 4) is 11.1 Å². The van der Waals surface area contributed by atoms with Gasteiger partial charge in [0.25, 0.3) is 0 Å². The van der Waals surface area contributed by atoms with Gasteiger partial charge < -0.3 is 9.80 Å². The summed E-state index contributed by atoms with van der Waals surface area (Å²) in [7, 11) is 2.20. The normalized spacial score (nSPS) is 15.8. The zero-order valence-corrected chi connectivity index (χ0v) is 19.0. The van der Waals surface area contributed by atoms with Gasteiger partial charge in [-0.25, -0.2) is 15.0 Å². The molecule has 158 valence electrons. The van der Waals surface area contributed by atoms with Gasteiger partial charge in [0.05, 0.1) is 0 Å². The monoisotopic (exact) mass is 403 g/mol. The third-order valence-electron chi connectivity index (χ3n) is 6.61. The summed E-state index contributed by atoms with van der Waals surface area (Å²) in [6.45, 7) is 14.5. The molecule has 4 rings (SSSR count). The van der Waals surface area contributed by atoms with Crippen molar-refractivity contribution < 1.29 is 0 Å². The van der Waals surface area contributed by atoms with Crippen LogP contribution in [-0.4, -0.2) is 64.5 Å². The fraction of sp³-hybridized carbons (Fsp3) is 0.480. The van der Waals surface area contributed by atoms with E-state index in [-0.39, 0.29) is 0 Å². The lowest BCUT2D eigenvalue weighted by molar-refractivity contribution is 0.153. The summed E-state index contributed by atoms with van der Waals surface area (Å²) in [5, 5.41) is 1.01. The largest absolute Gasteiger partial charge is 0.304 e. The van der Waals surface area contributed by atoms with Gasteiger partial charge in [-0.3, -0.25) is 0 Å². The molecule has 0 aliphatic carbocycles. The maximum atomic E-state index is 4.74. The lowest BCUT2D eigenvalue weighted by atomic mass is 9.90. The van der Waals surface area contributed by atoms with Crippen LogP contribution in [0.1, 0.15) is 34.5 Å². The van der Waals surface area contributed by atoms with E-state index < -0.39 is 0 Å². The lowest BCUT2D eigenvalue weighted by Crippen LogP contribution is -2.44. The van der Waals surface area contributed by atoms with Gasteiger partial charge in [0.2, 0.25) is 0 Å². The first-order valence-corrected chi connectivity index (χ1v) is 11.0. The highest BCUT2D eigenvalue weighted by atomic mass is 15.2. The van der Waals surface area contributed by atoms with Gasteiger partial charge in [-0.05, 0) is 81.6 Å². The van der Waals surface area contributed by atoms with E-state index in [4.69, 9.17) is 9.97 Å². The molecule has 0 atom stereocenters. The number of aromatic nitrogens is 3. The topological polar surface area (TPSA) is 45.2 Å². The Morgan fingerprint density at radius 1 is 0.867 bits per heavy atom. The summed E-state index contributed by atoms with van der Waals surface area (Å²) in [4.78, 5) is 19.0. The van der Waals surface area contributed by atoms with Gasteiger partial charge in [0, 0.05) is 55.9 Å². The van der Waals surface area contributed by atoms with Crippen LogP contribution in [0.4, 0.5) is 0 Å². The van der Waals surface area contributed by atoms with Crippen molar-refractivity contribution in [2.75, 3.05) is 39.8 Å². The van der Waals surface area contributed by atoms with Crippen LogP contribution >= 0.6 is 0 Å². The average molecular weight is 404 g/mol. The Bertz CT molecular complexity index is 1020. The van der Waals surface area contributed by atoms with Crippen molar-refractivity contribution >= 4 is 11.0 Å². The van der Waals surface area contributed by atoms with Crippen LogP contribution in [0.2, 0.25) is 0 Å². The Morgan fingerprint density at radius 2 is 1.57 bits per heavy atom. The fourth-order valence-corrected chi connectivity index (χ4v) is 4.40. The van der Waals surface area contributed by atoms with E-state index in [9.17, 15) is 0 Å². The van der Waals surface area contributed by atoms with Crippen molar-refractivity contribution in [3.63, 3.8) is 0 Å². The van der Waals surface area contributed by atoms with E-state index in [1.165, 1.54) is 27.8 Å². The van der Waals surface area contributed by atoms with Crippen molar-refractivity contribution in [3.05, 3.63) is 52.6 Å². The molecular weight excluding hydrogens is 370 g/mol. The summed E-state index contributed by atoms with van der Waals surface area (Å²) in [5.74, 6) is 0.899. The minimum absolute atomic E-state index is 0.794. The Hall–Kier alpha value is -2.37. The van der Waals surface area contributed by atoms with Crippen molar-refractivity contribution in [2.24, 2.45) is 0 Å².